The summed E-state index contributed by atoms with van der Waals surface area (Å²) in [5.41, 5.74) is 2.67. The van der Waals surface area contributed by atoms with Gasteiger partial charge in [0, 0.05) is 43.9 Å². The van der Waals surface area contributed by atoms with E-state index in [2.05, 4.69) is 29.4 Å². The molecule has 4 rings (SSSR count). The van der Waals surface area contributed by atoms with Crippen molar-refractivity contribution in [2.75, 3.05) is 38.5 Å². The van der Waals surface area contributed by atoms with Gasteiger partial charge in [-0.25, -0.2) is 0 Å². The molecule has 1 atom stereocenters. The molecule has 0 spiro atoms. The Labute approximate surface area is 172 Å². The summed E-state index contributed by atoms with van der Waals surface area (Å²) in [6.07, 6.45) is 2.91. The van der Waals surface area contributed by atoms with Crippen molar-refractivity contribution in [3.8, 4) is 0 Å². The van der Waals surface area contributed by atoms with Crippen LogP contribution in [0.3, 0.4) is 0 Å². The van der Waals surface area contributed by atoms with Crippen molar-refractivity contribution in [1.82, 2.24) is 9.80 Å². The molecule has 2 aliphatic rings. The van der Waals surface area contributed by atoms with Crippen molar-refractivity contribution in [1.29, 1.82) is 0 Å². The van der Waals surface area contributed by atoms with Crippen LogP contribution in [0.1, 0.15) is 41.1 Å². The quantitative estimate of drug-likeness (QED) is 0.819. The lowest BCUT2D eigenvalue weighted by atomic mass is 9.91. The Kier molecular flexibility index (Phi) is 5.95. The first-order valence-electron chi connectivity index (χ1n) is 10.5. The standard InChI is InChI=1S/C24H29N3O2/c1-26-13-15-27(16-14-26)24(29)20-9-11-21(12-10-20)25-23(28)17-22(19-7-8-19)18-5-3-2-4-6-18/h2-6,9-12,19,22H,7-8,13-17H2,1H3,(H,25,28). The molecule has 2 fully saturated rings. The van der Waals surface area contributed by atoms with Crippen LogP contribution in [0.5, 0.6) is 0 Å². The molecular formula is C24H29N3O2. The average molecular weight is 392 g/mol. The summed E-state index contributed by atoms with van der Waals surface area (Å²) >= 11 is 0. The second kappa shape index (κ2) is 8.78. The second-order valence-electron chi connectivity index (χ2n) is 8.28. The molecule has 2 aromatic rings. The highest BCUT2D eigenvalue weighted by Crippen LogP contribution is 2.44. The summed E-state index contributed by atoms with van der Waals surface area (Å²) in [5, 5.41) is 3.01. The SMILES string of the molecule is CN1CCN(C(=O)c2ccc(NC(=O)CC(c3ccccc3)C3CC3)cc2)CC1. The van der Waals surface area contributed by atoms with Gasteiger partial charge in [-0.2, -0.15) is 0 Å². The van der Waals surface area contributed by atoms with E-state index >= 15 is 0 Å². The fraction of sp³-hybridized carbons (Fsp3) is 0.417. The molecule has 1 heterocycles. The maximum absolute atomic E-state index is 12.6. The predicted molar refractivity (Wildman–Crippen MR) is 115 cm³/mol. The lowest BCUT2D eigenvalue weighted by Gasteiger charge is -2.32. The lowest BCUT2D eigenvalue weighted by Crippen LogP contribution is -2.47. The normalized spacial score (nSPS) is 18.3. The van der Waals surface area contributed by atoms with E-state index in [1.807, 2.05) is 47.4 Å². The molecule has 29 heavy (non-hydrogen) atoms. The number of benzene rings is 2. The highest BCUT2D eigenvalue weighted by atomic mass is 16.2. The highest BCUT2D eigenvalue weighted by Gasteiger charge is 2.33. The van der Waals surface area contributed by atoms with E-state index in [1.165, 1.54) is 18.4 Å². The topological polar surface area (TPSA) is 52.6 Å². The smallest absolute Gasteiger partial charge is 0.253 e. The Hall–Kier alpha value is -2.66. The van der Waals surface area contributed by atoms with Crippen molar-refractivity contribution >= 4 is 17.5 Å². The highest BCUT2D eigenvalue weighted by molar-refractivity contribution is 5.96. The number of carbonyl (C=O) groups is 2. The molecule has 5 heteroatoms. The van der Waals surface area contributed by atoms with Crippen LogP contribution in [-0.4, -0.2) is 54.8 Å². The van der Waals surface area contributed by atoms with E-state index in [4.69, 9.17) is 0 Å². The average Bonchev–Trinajstić information content (AvgIpc) is 3.58. The first kappa shape index (κ1) is 19.6. The summed E-state index contributed by atoms with van der Waals surface area (Å²) in [5.74, 6) is 0.999. The molecule has 1 saturated heterocycles. The van der Waals surface area contributed by atoms with E-state index in [9.17, 15) is 9.59 Å². The van der Waals surface area contributed by atoms with Crippen molar-refractivity contribution in [3.63, 3.8) is 0 Å². The summed E-state index contributed by atoms with van der Waals surface area (Å²) in [6, 6.07) is 17.6. The lowest BCUT2D eigenvalue weighted by molar-refractivity contribution is -0.116. The van der Waals surface area contributed by atoms with Crippen molar-refractivity contribution in [3.05, 3.63) is 65.7 Å². The summed E-state index contributed by atoms with van der Waals surface area (Å²) < 4.78 is 0. The summed E-state index contributed by atoms with van der Waals surface area (Å²) in [4.78, 5) is 29.4. The van der Waals surface area contributed by atoms with E-state index in [1.54, 1.807) is 0 Å². The third kappa shape index (κ3) is 5.04. The number of likely N-dealkylation sites (N-methyl/N-ethyl adjacent to an activating group) is 1. The fourth-order valence-electron chi connectivity index (χ4n) is 4.06. The Morgan fingerprint density at radius 2 is 1.62 bits per heavy atom. The van der Waals surface area contributed by atoms with Gasteiger partial charge in [-0.3, -0.25) is 9.59 Å². The zero-order chi connectivity index (χ0) is 20.2. The van der Waals surface area contributed by atoms with Crippen molar-refractivity contribution in [2.45, 2.75) is 25.2 Å². The van der Waals surface area contributed by atoms with Gasteiger partial charge in [0.25, 0.3) is 5.91 Å². The van der Waals surface area contributed by atoms with Gasteiger partial charge in [-0.15, -0.1) is 0 Å². The third-order valence-electron chi connectivity index (χ3n) is 6.03. The summed E-state index contributed by atoms with van der Waals surface area (Å²) in [6.45, 7) is 3.33. The molecule has 2 amide bonds. The molecule has 2 aromatic carbocycles. The zero-order valence-corrected chi connectivity index (χ0v) is 17.0. The van der Waals surface area contributed by atoms with Crippen LogP contribution in [0.4, 0.5) is 5.69 Å². The largest absolute Gasteiger partial charge is 0.336 e. The second-order valence-corrected chi connectivity index (χ2v) is 8.28. The van der Waals surface area contributed by atoms with E-state index in [0.29, 0.717) is 17.9 Å². The van der Waals surface area contributed by atoms with Crippen LogP contribution in [0, 0.1) is 5.92 Å². The van der Waals surface area contributed by atoms with Crippen LogP contribution in [0.15, 0.2) is 54.6 Å². The molecule has 1 aliphatic carbocycles. The molecule has 0 aromatic heterocycles. The molecule has 5 nitrogen and oxygen atoms in total. The minimum Gasteiger partial charge on any atom is -0.336 e. The molecule has 1 saturated carbocycles. The molecule has 1 aliphatic heterocycles. The van der Waals surface area contributed by atoms with E-state index in [0.717, 1.165) is 31.9 Å². The number of hydrogen-bond donors (Lipinski definition) is 1. The number of amides is 2. The number of nitrogens with one attached hydrogen (secondary N) is 1. The number of rotatable bonds is 6. The number of nitrogens with zero attached hydrogens (tertiary/aromatic N) is 2. The number of carbonyl (C=O) groups excluding carboxylic acids is 2. The van der Waals surface area contributed by atoms with Gasteiger partial charge in [0.15, 0.2) is 0 Å². The van der Waals surface area contributed by atoms with Crippen molar-refractivity contribution in [2.24, 2.45) is 5.92 Å². The third-order valence-corrected chi connectivity index (χ3v) is 6.03. The van der Waals surface area contributed by atoms with Crippen LogP contribution in [0.2, 0.25) is 0 Å². The molecule has 152 valence electrons. The monoisotopic (exact) mass is 391 g/mol. The van der Waals surface area contributed by atoms with Gasteiger partial charge in [0.05, 0.1) is 0 Å². The molecular weight excluding hydrogens is 362 g/mol. The van der Waals surface area contributed by atoms with E-state index < -0.39 is 0 Å². The van der Waals surface area contributed by atoms with Crippen LogP contribution in [0.25, 0.3) is 0 Å². The Bertz CT molecular complexity index is 838. The van der Waals surface area contributed by atoms with Crippen LogP contribution in [-0.2, 0) is 4.79 Å². The number of piperazine rings is 1. The first-order chi connectivity index (χ1) is 14.1. The van der Waals surface area contributed by atoms with Gasteiger partial charge in [-0.05, 0) is 61.6 Å². The molecule has 1 unspecified atom stereocenters. The van der Waals surface area contributed by atoms with Crippen molar-refractivity contribution < 1.29 is 9.59 Å². The van der Waals surface area contributed by atoms with Gasteiger partial charge in [0.1, 0.15) is 0 Å². The predicted octanol–water partition coefficient (Wildman–Crippen LogP) is 3.60. The Morgan fingerprint density at radius 1 is 0.966 bits per heavy atom. The first-order valence-corrected chi connectivity index (χ1v) is 10.5. The van der Waals surface area contributed by atoms with Crippen LogP contribution >= 0.6 is 0 Å². The fourth-order valence-corrected chi connectivity index (χ4v) is 4.06. The minimum absolute atomic E-state index is 0.0314. The Balaban J connectivity index is 1.34. The van der Waals surface area contributed by atoms with Crippen LogP contribution < -0.4 is 5.32 Å². The molecule has 1 N–H and O–H groups in total. The molecule has 0 bridgehead atoms. The number of anilines is 1. The van der Waals surface area contributed by atoms with Gasteiger partial charge < -0.3 is 15.1 Å². The van der Waals surface area contributed by atoms with Gasteiger partial charge >= 0.3 is 0 Å². The number of hydrogen-bond acceptors (Lipinski definition) is 3. The Morgan fingerprint density at radius 3 is 2.24 bits per heavy atom. The van der Waals surface area contributed by atoms with Gasteiger partial charge in [0.2, 0.25) is 5.91 Å². The van der Waals surface area contributed by atoms with E-state index in [-0.39, 0.29) is 17.7 Å². The zero-order valence-electron chi connectivity index (χ0n) is 17.0. The molecule has 0 radical (unpaired) electrons. The maximum atomic E-state index is 12.6. The maximum Gasteiger partial charge on any atom is 0.253 e. The summed E-state index contributed by atoms with van der Waals surface area (Å²) in [7, 11) is 2.07. The minimum atomic E-state index is 0.0314. The van der Waals surface area contributed by atoms with Gasteiger partial charge in [-0.1, -0.05) is 30.3 Å².